The summed E-state index contributed by atoms with van der Waals surface area (Å²) in [6, 6.07) is 0. The van der Waals surface area contributed by atoms with Crippen LogP contribution in [0.3, 0.4) is 0 Å². The Kier molecular flexibility index (Phi) is 2.24. The minimum Gasteiger partial charge on any atom is -0.330 e. The number of nitrogens with zero attached hydrogens (tertiary/aromatic N) is 2. The third-order valence-electron chi connectivity index (χ3n) is 2.25. The zero-order valence-corrected chi connectivity index (χ0v) is 8.26. The van der Waals surface area contributed by atoms with Gasteiger partial charge in [-0.1, -0.05) is 13.8 Å². The molecule has 0 bridgehead atoms. The highest BCUT2D eigenvalue weighted by Gasteiger charge is 2.22. The molecule has 2 N–H and O–H groups in total. The Hall–Kier alpha value is -0.830. The van der Waals surface area contributed by atoms with Gasteiger partial charge in [0.2, 0.25) is 0 Å². The van der Waals surface area contributed by atoms with Gasteiger partial charge >= 0.3 is 0 Å². The number of hydrogen-bond acceptors (Lipinski definition) is 2. The van der Waals surface area contributed by atoms with E-state index in [1.54, 1.807) is 0 Å². The second-order valence-corrected chi connectivity index (χ2v) is 3.89. The van der Waals surface area contributed by atoms with E-state index in [2.05, 4.69) is 18.9 Å². The SMILES string of the molecule is Cc1nn(C)cc1C(C)(C)CN. The summed E-state index contributed by atoms with van der Waals surface area (Å²) >= 11 is 0. The fraction of sp³-hybridized carbons (Fsp3) is 0.667. The summed E-state index contributed by atoms with van der Waals surface area (Å²) in [5.74, 6) is 0. The minimum atomic E-state index is 0.0400. The summed E-state index contributed by atoms with van der Waals surface area (Å²) in [6.07, 6.45) is 2.04. The Morgan fingerprint density at radius 2 is 2.17 bits per heavy atom. The van der Waals surface area contributed by atoms with Gasteiger partial charge in [0.25, 0.3) is 0 Å². The molecule has 1 aromatic heterocycles. The first-order valence-electron chi connectivity index (χ1n) is 4.18. The molecule has 0 spiro atoms. The Morgan fingerprint density at radius 3 is 2.50 bits per heavy atom. The van der Waals surface area contributed by atoms with Crippen molar-refractivity contribution in [3.8, 4) is 0 Å². The van der Waals surface area contributed by atoms with Crippen molar-refractivity contribution in [3.63, 3.8) is 0 Å². The van der Waals surface area contributed by atoms with E-state index in [4.69, 9.17) is 5.73 Å². The summed E-state index contributed by atoms with van der Waals surface area (Å²) in [6.45, 7) is 6.94. The smallest absolute Gasteiger partial charge is 0.0631 e. The van der Waals surface area contributed by atoms with Crippen LogP contribution < -0.4 is 5.73 Å². The van der Waals surface area contributed by atoms with Crippen molar-refractivity contribution in [3.05, 3.63) is 17.5 Å². The monoisotopic (exact) mass is 167 g/mol. The summed E-state index contributed by atoms with van der Waals surface area (Å²) in [7, 11) is 1.93. The average Bonchev–Trinajstić information content (AvgIpc) is 2.31. The van der Waals surface area contributed by atoms with Crippen molar-refractivity contribution >= 4 is 0 Å². The Labute approximate surface area is 73.6 Å². The Balaban J connectivity index is 3.09. The summed E-state index contributed by atoms with van der Waals surface area (Å²) in [5.41, 5.74) is 8.04. The van der Waals surface area contributed by atoms with E-state index >= 15 is 0 Å². The predicted molar refractivity (Wildman–Crippen MR) is 50.0 cm³/mol. The third-order valence-corrected chi connectivity index (χ3v) is 2.25. The molecule has 0 aliphatic rings. The van der Waals surface area contributed by atoms with Crippen LogP contribution in [0.15, 0.2) is 6.20 Å². The molecule has 0 aliphatic heterocycles. The van der Waals surface area contributed by atoms with Crippen LogP contribution in [-0.2, 0) is 12.5 Å². The van der Waals surface area contributed by atoms with E-state index < -0.39 is 0 Å². The maximum Gasteiger partial charge on any atom is 0.0631 e. The van der Waals surface area contributed by atoms with Gasteiger partial charge in [0.05, 0.1) is 5.69 Å². The summed E-state index contributed by atoms with van der Waals surface area (Å²) in [4.78, 5) is 0. The van der Waals surface area contributed by atoms with Gasteiger partial charge in [-0.15, -0.1) is 0 Å². The molecule has 0 atom stereocenters. The van der Waals surface area contributed by atoms with Crippen LogP contribution >= 0.6 is 0 Å². The topological polar surface area (TPSA) is 43.8 Å². The first-order chi connectivity index (χ1) is 5.47. The Bertz CT molecular complexity index is 273. The maximum absolute atomic E-state index is 5.68. The number of aromatic nitrogens is 2. The lowest BCUT2D eigenvalue weighted by Gasteiger charge is -2.21. The van der Waals surface area contributed by atoms with Gasteiger partial charge in [-0.3, -0.25) is 4.68 Å². The molecule has 1 heterocycles. The Morgan fingerprint density at radius 1 is 1.58 bits per heavy atom. The summed E-state index contributed by atoms with van der Waals surface area (Å²) < 4.78 is 1.84. The van der Waals surface area contributed by atoms with Gasteiger partial charge in [-0.2, -0.15) is 5.10 Å². The first kappa shape index (κ1) is 9.26. The van der Waals surface area contributed by atoms with Crippen LogP contribution in [0.4, 0.5) is 0 Å². The summed E-state index contributed by atoms with van der Waals surface area (Å²) in [5, 5.41) is 4.29. The molecular weight excluding hydrogens is 150 g/mol. The van der Waals surface area contributed by atoms with Crippen LogP contribution in [0, 0.1) is 6.92 Å². The number of aryl methyl sites for hydroxylation is 2. The van der Waals surface area contributed by atoms with Gasteiger partial charge in [0.15, 0.2) is 0 Å². The minimum absolute atomic E-state index is 0.0400. The van der Waals surface area contributed by atoms with E-state index in [1.807, 2.05) is 24.9 Å². The van der Waals surface area contributed by atoms with Gasteiger partial charge in [0.1, 0.15) is 0 Å². The highest BCUT2D eigenvalue weighted by atomic mass is 15.2. The lowest BCUT2D eigenvalue weighted by atomic mass is 9.85. The highest BCUT2D eigenvalue weighted by molar-refractivity contribution is 5.25. The average molecular weight is 167 g/mol. The van der Waals surface area contributed by atoms with Gasteiger partial charge < -0.3 is 5.73 Å². The van der Waals surface area contributed by atoms with Crippen molar-refractivity contribution < 1.29 is 0 Å². The molecule has 0 aromatic carbocycles. The molecular formula is C9H17N3. The van der Waals surface area contributed by atoms with Crippen molar-refractivity contribution in [2.24, 2.45) is 12.8 Å². The molecule has 1 aromatic rings. The number of nitrogens with two attached hydrogens (primary N) is 1. The van der Waals surface area contributed by atoms with Crippen LogP contribution in [0.5, 0.6) is 0 Å². The molecule has 0 aliphatic carbocycles. The molecule has 0 fully saturated rings. The quantitative estimate of drug-likeness (QED) is 0.713. The lowest BCUT2D eigenvalue weighted by molar-refractivity contribution is 0.535. The van der Waals surface area contributed by atoms with Gasteiger partial charge in [0, 0.05) is 25.2 Å². The number of rotatable bonds is 2. The lowest BCUT2D eigenvalue weighted by Crippen LogP contribution is -2.28. The standard InChI is InChI=1S/C9H17N3/c1-7-8(5-12(4)11-7)9(2,3)6-10/h5H,6,10H2,1-4H3. The maximum atomic E-state index is 5.68. The molecule has 0 saturated heterocycles. The van der Waals surface area contributed by atoms with Crippen molar-refractivity contribution in [2.45, 2.75) is 26.2 Å². The van der Waals surface area contributed by atoms with Gasteiger partial charge in [-0.25, -0.2) is 0 Å². The van der Waals surface area contributed by atoms with Crippen molar-refractivity contribution in [1.29, 1.82) is 0 Å². The molecule has 0 unspecified atom stereocenters. The zero-order valence-electron chi connectivity index (χ0n) is 8.26. The molecule has 0 amide bonds. The fourth-order valence-electron chi connectivity index (χ4n) is 1.37. The largest absolute Gasteiger partial charge is 0.330 e. The molecule has 3 nitrogen and oxygen atoms in total. The zero-order chi connectivity index (χ0) is 9.35. The molecule has 12 heavy (non-hydrogen) atoms. The highest BCUT2D eigenvalue weighted by Crippen LogP contribution is 2.23. The molecule has 3 heteroatoms. The van der Waals surface area contributed by atoms with E-state index in [-0.39, 0.29) is 5.41 Å². The van der Waals surface area contributed by atoms with Crippen LogP contribution in [0.1, 0.15) is 25.1 Å². The van der Waals surface area contributed by atoms with Crippen LogP contribution in [-0.4, -0.2) is 16.3 Å². The van der Waals surface area contributed by atoms with Gasteiger partial charge in [-0.05, 0) is 12.5 Å². The molecule has 0 radical (unpaired) electrons. The van der Waals surface area contributed by atoms with E-state index in [0.29, 0.717) is 6.54 Å². The predicted octanol–water partition coefficient (Wildman–Crippen LogP) is 0.965. The normalized spacial score (nSPS) is 12.1. The number of hydrogen-bond donors (Lipinski definition) is 1. The molecule has 1 rings (SSSR count). The fourth-order valence-corrected chi connectivity index (χ4v) is 1.37. The van der Waals surface area contributed by atoms with Crippen LogP contribution in [0.2, 0.25) is 0 Å². The van der Waals surface area contributed by atoms with E-state index in [1.165, 1.54) is 5.56 Å². The van der Waals surface area contributed by atoms with Crippen LogP contribution in [0.25, 0.3) is 0 Å². The first-order valence-corrected chi connectivity index (χ1v) is 4.18. The van der Waals surface area contributed by atoms with Crippen molar-refractivity contribution in [1.82, 2.24) is 9.78 Å². The molecule has 68 valence electrons. The third kappa shape index (κ3) is 1.50. The van der Waals surface area contributed by atoms with Crippen molar-refractivity contribution in [2.75, 3.05) is 6.54 Å². The van der Waals surface area contributed by atoms with E-state index in [9.17, 15) is 0 Å². The second-order valence-electron chi connectivity index (χ2n) is 3.89. The van der Waals surface area contributed by atoms with E-state index in [0.717, 1.165) is 5.69 Å². The molecule has 0 saturated carbocycles. The second kappa shape index (κ2) is 2.90.